The molecular weight excluding hydrogens is 344 g/mol. The topological polar surface area (TPSA) is 75.3 Å². The number of rotatable bonds is 3. The molecule has 0 spiro atoms. The van der Waals surface area contributed by atoms with Crippen LogP contribution in [-0.4, -0.2) is 19.6 Å². The fourth-order valence-electron chi connectivity index (χ4n) is 2.42. The maximum absolute atomic E-state index is 12.7. The zero-order valence-corrected chi connectivity index (χ0v) is 15.2. The maximum atomic E-state index is 12.7. The molecule has 0 fully saturated rings. The number of aryl methyl sites for hydroxylation is 1. The van der Waals surface area contributed by atoms with E-state index >= 15 is 0 Å². The molecule has 1 atom stereocenters. The van der Waals surface area contributed by atoms with Crippen LogP contribution in [0.25, 0.3) is 0 Å². The van der Waals surface area contributed by atoms with Crippen molar-refractivity contribution < 1.29 is 13.2 Å². The van der Waals surface area contributed by atoms with E-state index in [0.29, 0.717) is 11.4 Å². The van der Waals surface area contributed by atoms with E-state index in [2.05, 4.69) is 10.0 Å². The van der Waals surface area contributed by atoms with Crippen LogP contribution in [0.2, 0.25) is 0 Å². The van der Waals surface area contributed by atoms with E-state index in [4.69, 9.17) is 0 Å². The quantitative estimate of drug-likeness (QED) is 0.876. The van der Waals surface area contributed by atoms with Crippen molar-refractivity contribution in [2.75, 3.05) is 10.0 Å². The Morgan fingerprint density at radius 1 is 1.17 bits per heavy atom. The molecule has 7 heteroatoms. The Hall–Kier alpha value is -1.99. The molecule has 1 aliphatic heterocycles. The second-order valence-corrected chi connectivity index (χ2v) is 8.83. The molecule has 0 saturated carbocycles. The molecule has 1 heterocycles. The number of amides is 1. The largest absolute Gasteiger partial charge is 0.324 e. The van der Waals surface area contributed by atoms with Crippen LogP contribution in [0, 0.1) is 13.8 Å². The third kappa shape index (κ3) is 3.14. The zero-order chi connectivity index (χ0) is 17.5. The molecule has 2 aromatic rings. The Morgan fingerprint density at radius 3 is 2.67 bits per heavy atom. The first-order valence-electron chi connectivity index (χ1n) is 7.48. The van der Waals surface area contributed by atoms with Gasteiger partial charge in [0.2, 0.25) is 5.91 Å². The van der Waals surface area contributed by atoms with Crippen LogP contribution in [0.3, 0.4) is 0 Å². The summed E-state index contributed by atoms with van der Waals surface area (Å²) in [5, 5.41) is 2.57. The van der Waals surface area contributed by atoms with Gasteiger partial charge >= 0.3 is 0 Å². The van der Waals surface area contributed by atoms with Crippen LogP contribution in [0.4, 0.5) is 11.4 Å². The fourth-order valence-corrected chi connectivity index (χ4v) is 4.50. The fraction of sp³-hybridized carbons (Fsp3) is 0.235. The second-order valence-electron chi connectivity index (χ2n) is 5.76. The van der Waals surface area contributed by atoms with Gasteiger partial charge in [-0.05, 0) is 56.2 Å². The van der Waals surface area contributed by atoms with Gasteiger partial charge < -0.3 is 5.32 Å². The van der Waals surface area contributed by atoms with Crippen LogP contribution in [0.15, 0.2) is 46.2 Å². The van der Waals surface area contributed by atoms with E-state index in [1.807, 2.05) is 32.9 Å². The third-order valence-corrected chi connectivity index (χ3v) is 6.58. The Bertz CT molecular complexity index is 923. The Labute approximate surface area is 145 Å². The summed E-state index contributed by atoms with van der Waals surface area (Å²) in [6, 6.07) is 10.3. The highest BCUT2D eigenvalue weighted by atomic mass is 32.2. The molecule has 0 radical (unpaired) electrons. The molecule has 0 aliphatic carbocycles. The molecule has 126 valence electrons. The second kappa shape index (κ2) is 6.14. The van der Waals surface area contributed by atoms with E-state index in [9.17, 15) is 13.2 Å². The first-order chi connectivity index (χ1) is 11.3. The van der Waals surface area contributed by atoms with Gasteiger partial charge in [0, 0.05) is 4.90 Å². The predicted octanol–water partition coefficient (Wildman–Crippen LogP) is 3.54. The predicted molar refractivity (Wildman–Crippen MR) is 97.1 cm³/mol. The van der Waals surface area contributed by atoms with Gasteiger partial charge in [0.15, 0.2) is 0 Å². The summed E-state index contributed by atoms with van der Waals surface area (Å²) in [4.78, 5) is 12.8. The smallest absolute Gasteiger partial charge is 0.261 e. The van der Waals surface area contributed by atoms with Crippen molar-refractivity contribution in [1.82, 2.24) is 0 Å². The van der Waals surface area contributed by atoms with Crippen molar-refractivity contribution >= 4 is 39.1 Å². The summed E-state index contributed by atoms with van der Waals surface area (Å²) in [6.07, 6.45) is 0. The van der Waals surface area contributed by atoms with Gasteiger partial charge in [-0.1, -0.05) is 12.1 Å². The van der Waals surface area contributed by atoms with E-state index in [-0.39, 0.29) is 16.1 Å². The molecule has 0 saturated heterocycles. The Kier molecular flexibility index (Phi) is 4.31. The number of fused-ring (bicyclic) bond motifs is 1. The number of hydrogen-bond donors (Lipinski definition) is 2. The Morgan fingerprint density at radius 2 is 1.92 bits per heavy atom. The van der Waals surface area contributed by atoms with Crippen molar-refractivity contribution in [3.63, 3.8) is 0 Å². The van der Waals surface area contributed by atoms with E-state index in [1.165, 1.54) is 17.8 Å². The monoisotopic (exact) mass is 362 g/mol. The number of sulfonamides is 1. The molecule has 1 aliphatic rings. The van der Waals surface area contributed by atoms with Gasteiger partial charge in [-0.3, -0.25) is 9.52 Å². The molecular formula is C17H18N2O3S2. The normalized spacial score (nSPS) is 17.1. The minimum atomic E-state index is -3.73. The lowest BCUT2D eigenvalue weighted by Crippen LogP contribution is -2.26. The number of benzene rings is 2. The first-order valence-corrected chi connectivity index (χ1v) is 9.85. The molecule has 5 nitrogen and oxygen atoms in total. The van der Waals surface area contributed by atoms with Gasteiger partial charge in [-0.15, -0.1) is 11.8 Å². The number of hydrogen-bond acceptors (Lipinski definition) is 4. The van der Waals surface area contributed by atoms with Gasteiger partial charge in [-0.25, -0.2) is 8.42 Å². The molecule has 2 N–H and O–H groups in total. The summed E-state index contributed by atoms with van der Waals surface area (Å²) in [6.45, 7) is 5.62. The highest BCUT2D eigenvalue weighted by Gasteiger charge is 2.25. The van der Waals surface area contributed by atoms with Crippen LogP contribution < -0.4 is 10.0 Å². The molecule has 1 amide bonds. The van der Waals surface area contributed by atoms with Crippen LogP contribution in [-0.2, 0) is 14.8 Å². The van der Waals surface area contributed by atoms with Gasteiger partial charge in [0.05, 0.1) is 21.5 Å². The number of nitrogens with one attached hydrogen (secondary N) is 2. The molecule has 24 heavy (non-hydrogen) atoms. The van der Waals surface area contributed by atoms with Crippen LogP contribution in [0.1, 0.15) is 18.1 Å². The Balaban J connectivity index is 1.95. The molecule has 2 aromatic carbocycles. The number of carbonyl (C=O) groups excluding carboxylic acids is 1. The summed E-state index contributed by atoms with van der Waals surface area (Å²) in [5.41, 5.74) is 2.99. The van der Waals surface area contributed by atoms with Gasteiger partial charge in [0.25, 0.3) is 10.0 Å². The lowest BCUT2D eigenvalue weighted by molar-refractivity contribution is -0.115. The highest BCUT2D eigenvalue weighted by molar-refractivity contribution is 8.01. The minimum Gasteiger partial charge on any atom is -0.324 e. The van der Waals surface area contributed by atoms with Crippen molar-refractivity contribution in [2.24, 2.45) is 0 Å². The summed E-state index contributed by atoms with van der Waals surface area (Å²) in [5.74, 6) is -0.121. The van der Waals surface area contributed by atoms with Gasteiger partial charge in [0.1, 0.15) is 0 Å². The van der Waals surface area contributed by atoms with Crippen molar-refractivity contribution in [1.29, 1.82) is 0 Å². The number of anilines is 2. The van der Waals surface area contributed by atoms with E-state index < -0.39 is 10.0 Å². The first kappa shape index (κ1) is 16.9. The van der Waals surface area contributed by atoms with Crippen molar-refractivity contribution in [3.8, 4) is 0 Å². The van der Waals surface area contributed by atoms with E-state index in [1.54, 1.807) is 18.2 Å². The molecule has 0 bridgehead atoms. The molecule has 0 aromatic heterocycles. The highest BCUT2D eigenvalue weighted by Crippen LogP contribution is 2.37. The third-order valence-electron chi connectivity index (χ3n) is 4.04. The van der Waals surface area contributed by atoms with Crippen LogP contribution in [0.5, 0.6) is 0 Å². The maximum Gasteiger partial charge on any atom is 0.261 e. The minimum absolute atomic E-state index is 0.121. The van der Waals surface area contributed by atoms with E-state index in [0.717, 1.165) is 16.0 Å². The molecule has 3 rings (SSSR count). The lowest BCUT2D eigenvalue weighted by atomic mass is 10.1. The zero-order valence-electron chi connectivity index (χ0n) is 13.6. The average Bonchev–Trinajstić information content (AvgIpc) is 2.52. The summed E-state index contributed by atoms with van der Waals surface area (Å²) in [7, 11) is -3.73. The molecule has 0 unspecified atom stereocenters. The number of thioether (sulfide) groups is 1. The van der Waals surface area contributed by atoms with Crippen LogP contribution >= 0.6 is 11.8 Å². The lowest BCUT2D eigenvalue weighted by Gasteiger charge is -2.22. The SMILES string of the molecule is Cc1cccc(NS(=O)(=O)c2ccc3c(c2)NC(=O)[C@@H](C)S3)c1C. The van der Waals surface area contributed by atoms with Gasteiger partial charge in [-0.2, -0.15) is 0 Å². The number of carbonyl (C=O) groups is 1. The standard InChI is InChI=1S/C17H18N2O3S2/c1-10-5-4-6-14(11(10)2)19-24(21,22)13-7-8-16-15(9-13)18-17(20)12(3)23-16/h4-9,12,19H,1-3H3,(H,18,20)/t12-/m1/s1. The summed E-state index contributed by atoms with van der Waals surface area (Å²) < 4.78 is 28.0. The van der Waals surface area contributed by atoms with Crippen molar-refractivity contribution in [2.45, 2.75) is 35.8 Å². The summed E-state index contributed by atoms with van der Waals surface area (Å²) >= 11 is 1.42. The van der Waals surface area contributed by atoms with Crippen molar-refractivity contribution in [3.05, 3.63) is 47.5 Å². The average molecular weight is 362 g/mol.